The van der Waals surface area contributed by atoms with Crippen molar-refractivity contribution in [2.75, 3.05) is 5.32 Å². The summed E-state index contributed by atoms with van der Waals surface area (Å²) >= 11 is 5.68. The topological polar surface area (TPSA) is 47.6 Å². The van der Waals surface area contributed by atoms with E-state index in [2.05, 4.69) is 10.1 Å². The molecule has 22 heavy (non-hydrogen) atoms. The number of halogens is 4. The van der Waals surface area contributed by atoms with Gasteiger partial charge in [0.1, 0.15) is 11.5 Å². The lowest BCUT2D eigenvalue weighted by Crippen LogP contribution is -2.18. The highest BCUT2D eigenvalue weighted by Gasteiger charge is 2.31. The van der Waals surface area contributed by atoms with Crippen LogP contribution in [0.4, 0.5) is 23.7 Å². The minimum atomic E-state index is -4.85. The van der Waals surface area contributed by atoms with Gasteiger partial charge in [0, 0.05) is 16.8 Å². The fourth-order valence-electron chi connectivity index (χ4n) is 1.57. The summed E-state index contributed by atoms with van der Waals surface area (Å²) in [4.78, 5) is 11.7. The maximum atomic E-state index is 12.2. The molecule has 2 aromatic rings. The normalized spacial score (nSPS) is 10.9. The van der Waals surface area contributed by atoms with Gasteiger partial charge in [0.05, 0.1) is 0 Å². The molecule has 0 fully saturated rings. The summed E-state index contributed by atoms with van der Waals surface area (Å²) in [6, 6.07) is 11.4. The molecule has 2 rings (SSSR count). The Balaban J connectivity index is 2.07. The van der Waals surface area contributed by atoms with Crippen LogP contribution in [0.15, 0.2) is 48.5 Å². The summed E-state index contributed by atoms with van der Waals surface area (Å²) < 4.78 is 45.2. The lowest BCUT2D eigenvalue weighted by atomic mass is 10.3. The smallest absolute Gasteiger partial charge is 0.410 e. The average Bonchev–Trinajstić information content (AvgIpc) is 2.36. The molecule has 0 aliphatic heterocycles. The number of amides is 1. The molecule has 2 aromatic carbocycles. The zero-order chi connectivity index (χ0) is 16.2. The van der Waals surface area contributed by atoms with Crippen molar-refractivity contribution in [3.8, 4) is 11.5 Å². The first-order valence-electron chi connectivity index (χ1n) is 5.92. The fraction of sp³-hybridized carbons (Fsp3) is 0.0714. The van der Waals surface area contributed by atoms with Gasteiger partial charge in [-0.1, -0.05) is 29.8 Å². The third-order valence-electron chi connectivity index (χ3n) is 2.31. The van der Waals surface area contributed by atoms with Crippen LogP contribution in [0.2, 0.25) is 5.02 Å². The van der Waals surface area contributed by atoms with Crippen molar-refractivity contribution < 1.29 is 27.4 Å². The van der Waals surface area contributed by atoms with Gasteiger partial charge in [-0.05, 0) is 24.3 Å². The van der Waals surface area contributed by atoms with Gasteiger partial charge in [-0.25, -0.2) is 4.79 Å². The Hall–Kier alpha value is -2.41. The molecule has 0 unspecified atom stereocenters. The van der Waals surface area contributed by atoms with Crippen molar-refractivity contribution in [1.29, 1.82) is 0 Å². The van der Waals surface area contributed by atoms with Crippen LogP contribution in [0, 0.1) is 0 Å². The highest BCUT2D eigenvalue weighted by molar-refractivity contribution is 6.31. The molecule has 0 atom stereocenters. The summed E-state index contributed by atoms with van der Waals surface area (Å²) in [6.45, 7) is 0. The van der Waals surface area contributed by atoms with Crippen LogP contribution < -0.4 is 14.8 Å². The molecule has 0 aromatic heterocycles. The first-order chi connectivity index (χ1) is 10.3. The predicted octanol–water partition coefficient (Wildman–Crippen LogP) is 4.85. The van der Waals surface area contributed by atoms with Gasteiger partial charge >= 0.3 is 12.5 Å². The Kier molecular flexibility index (Phi) is 4.77. The largest absolute Gasteiger partial charge is 0.573 e. The molecular weight excluding hydrogens is 323 g/mol. The first kappa shape index (κ1) is 16.0. The average molecular weight is 332 g/mol. The molecule has 0 saturated carbocycles. The van der Waals surface area contributed by atoms with Gasteiger partial charge in [-0.15, -0.1) is 13.2 Å². The molecule has 0 saturated heterocycles. The Morgan fingerprint density at radius 3 is 2.36 bits per heavy atom. The fourth-order valence-corrected chi connectivity index (χ4v) is 1.79. The highest BCUT2D eigenvalue weighted by Crippen LogP contribution is 2.29. The van der Waals surface area contributed by atoms with Gasteiger partial charge in [0.15, 0.2) is 0 Å². The number of rotatable bonds is 3. The lowest BCUT2D eigenvalue weighted by molar-refractivity contribution is -0.274. The van der Waals surface area contributed by atoms with E-state index < -0.39 is 18.2 Å². The zero-order valence-electron chi connectivity index (χ0n) is 10.9. The number of anilines is 1. The third kappa shape index (κ3) is 5.17. The number of carbonyl (C=O) groups is 1. The van der Waals surface area contributed by atoms with Crippen LogP contribution in [-0.2, 0) is 0 Å². The minimum absolute atomic E-state index is 0.00711. The number of para-hydroxylation sites is 1. The van der Waals surface area contributed by atoms with E-state index in [9.17, 15) is 18.0 Å². The number of carbonyl (C=O) groups excluding carboxylic acids is 1. The molecule has 0 aliphatic rings. The Labute approximate surface area is 128 Å². The Morgan fingerprint density at radius 2 is 1.73 bits per heavy atom. The number of benzene rings is 2. The highest BCUT2D eigenvalue weighted by atomic mass is 35.5. The lowest BCUT2D eigenvalue weighted by Gasteiger charge is -2.11. The van der Waals surface area contributed by atoms with Crippen molar-refractivity contribution >= 4 is 23.4 Å². The van der Waals surface area contributed by atoms with E-state index in [4.69, 9.17) is 16.3 Å². The van der Waals surface area contributed by atoms with E-state index in [1.807, 2.05) is 0 Å². The SMILES string of the molecule is O=C(Nc1cc(Cl)cc(OC(F)(F)F)c1)Oc1ccccc1. The van der Waals surface area contributed by atoms with Crippen molar-refractivity contribution in [2.45, 2.75) is 6.36 Å². The third-order valence-corrected chi connectivity index (χ3v) is 2.52. The van der Waals surface area contributed by atoms with E-state index in [1.165, 1.54) is 6.07 Å². The van der Waals surface area contributed by atoms with Gasteiger partial charge in [0.25, 0.3) is 0 Å². The maximum absolute atomic E-state index is 12.2. The molecule has 116 valence electrons. The number of ether oxygens (including phenoxy) is 2. The van der Waals surface area contributed by atoms with Crippen molar-refractivity contribution in [2.24, 2.45) is 0 Å². The zero-order valence-corrected chi connectivity index (χ0v) is 11.6. The second-order valence-corrected chi connectivity index (χ2v) is 4.49. The van der Waals surface area contributed by atoms with Crippen LogP contribution in [0.25, 0.3) is 0 Å². The molecule has 4 nitrogen and oxygen atoms in total. The second kappa shape index (κ2) is 6.57. The van der Waals surface area contributed by atoms with Crippen molar-refractivity contribution in [1.82, 2.24) is 0 Å². The molecule has 8 heteroatoms. The van der Waals surface area contributed by atoms with Gasteiger partial charge in [0.2, 0.25) is 0 Å². The number of nitrogens with one attached hydrogen (secondary N) is 1. The number of alkyl halides is 3. The summed E-state index contributed by atoms with van der Waals surface area (Å²) in [5, 5.41) is 2.23. The van der Waals surface area contributed by atoms with Crippen molar-refractivity contribution in [3.05, 3.63) is 53.6 Å². The van der Waals surface area contributed by atoms with E-state index in [1.54, 1.807) is 30.3 Å². The van der Waals surface area contributed by atoms with Crippen LogP contribution >= 0.6 is 11.6 Å². The van der Waals surface area contributed by atoms with E-state index in [-0.39, 0.29) is 16.5 Å². The number of hydrogen-bond acceptors (Lipinski definition) is 3. The molecule has 0 spiro atoms. The van der Waals surface area contributed by atoms with Crippen LogP contribution in [0.3, 0.4) is 0 Å². The van der Waals surface area contributed by atoms with E-state index >= 15 is 0 Å². The Bertz CT molecular complexity index is 662. The molecule has 1 amide bonds. The molecule has 1 N–H and O–H groups in total. The second-order valence-electron chi connectivity index (χ2n) is 4.05. The maximum Gasteiger partial charge on any atom is 0.573 e. The van der Waals surface area contributed by atoms with Gasteiger partial charge in [-0.2, -0.15) is 0 Å². The van der Waals surface area contributed by atoms with Gasteiger partial charge < -0.3 is 9.47 Å². The summed E-state index contributed by atoms with van der Waals surface area (Å²) in [7, 11) is 0. The van der Waals surface area contributed by atoms with Gasteiger partial charge in [-0.3, -0.25) is 5.32 Å². The molecule has 0 aliphatic carbocycles. The monoisotopic (exact) mass is 331 g/mol. The van der Waals surface area contributed by atoms with E-state index in [0.29, 0.717) is 0 Å². The predicted molar refractivity (Wildman–Crippen MR) is 74.2 cm³/mol. The molecule has 0 bridgehead atoms. The standard InChI is InChI=1S/C14H9ClF3NO3/c15-9-6-10(8-12(7-9)22-14(16,17)18)19-13(20)21-11-4-2-1-3-5-11/h1-8H,(H,19,20). The quantitative estimate of drug-likeness (QED) is 0.874. The summed E-state index contributed by atoms with van der Waals surface area (Å²) in [5.74, 6) is -0.260. The van der Waals surface area contributed by atoms with Crippen LogP contribution in [0.5, 0.6) is 11.5 Å². The Morgan fingerprint density at radius 1 is 1.05 bits per heavy atom. The summed E-state index contributed by atoms with van der Waals surface area (Å²) in [5.41, 5.74) is 0.00711. The summed E-state index contributed by atoms with van der Waals surface area (Å²) in [6.07, 6.45) is -5.72. The molecule has 0 radical (unpaired) electrons. The van der Waals surface area contributed by atoms with Crippen molar-refractivity contribution in [3.63, 3.8) is 0 Å². The van der Waals surface area contributed by atoms with Crippen LogP contribution in [-0.4, -0.2) is 12.5 Å². The minimum Gasteiger partial charge on any atom is -0.410 e. The van der Waals surface area contributed by atoms with Crippen LogP contribution in [0.1, 0.15) is 0 Å². The molecule has 0 heterocycles. The van der Waals surface area contributed by atoms with E-state index in [0.717, 1.165) is 12.1 Å². The first-order valence-corrected chi connectivity index (χ1v) is 6.30. The number of hydrogen-bond donors (Lipinski definition) is 1. The molecular formula is C14H9ClF3NO3.